The molecule has 0 heterocycles. The van der Waals surface area contributed by atoms with Crippen molar-refractivity contribution in [3.63, 3.8) is 0 Å². The summed E-state index contributed by atoms with van der Waals surface area (Å²) >= 11 is 0. The largest absolute Gasteiger partial charge is 0.378 e. The number of rotatable bonds is 5. The van der Waals surface area contributed by atoms with Gasteiger partial charge in [-0.1, -0.05) is 29.8 Å². The molecule has 0 atom stereocenters. The summed E-state index contributed by atoms with van der Waals surface area (Å²) in [5.74, 6) is 0.0619. The Labute approximate surface area is 97.6 Å². The first kappa shape index (κ1) is 12.5. The molecule has 1 rings (SSSR count). The molecule has 0 N–H and O–H groups in total. The Morgan fingerprint density at radius 3 is 2.25 bits per heavy atom. The molecule has 1 aromatic carbocycles. The number of aryl methyl sites for hydroxylation is 1. The van der Waals surface area contributed by atoms with Crippen LogP contribution in [-0.2, 0) is 0 Å². The SMILES string of the molecule is CCN(C=CC(=O)c1ccc(C)cc1)CC. The zero-order chi connectivity index (χ0) is 12.0. The number of nitrogens with zero attached hydrogens (tertiary/aromatic N) is 1. The summed E-state index contributed by atoms with van der Waals surface area (Å²) in [5, 5.41) is 0. The van der Waals surface area contributed by atoms with E-state index in [4.69, 9.17) is 0 Å². The molecule has 0 aliphatic carbocycles. The third-order valence-electron chi connectivity index (χ3n) is 2.59. The third-order valence-corrected chi connectivity index (χ3v) is 2.59. The first-order valence-corrected chi connectivity index (χ1v) is 5.70. The maximum atomic E-state index is 11.8. The van der Waals surface area contributed by atoms with Crippen molar-refractivity contribution in [1.29, 1.82) is 0 Å². The van der Waals surface area contributed by atoms with E-state index in [9.17, 15) is 4.79 Å². The molecule has 0 aromatic heterocycles. The highest BCUT2D eigenvalue weighted by Crippen LogP contribution is 2.05. The van der Waals surface area contributed by atoms with Gasteiger partial charge >= 0.3 is 0 Å². The summed E-state index contributed by atoms with van der Waals surface area (Å²) in [7, 11) is 0. The van der Waals surface area contributed by atoms with Crippen LogP contribution in [0.2, 0.25) is 0 Å². The van der Waals surface area contributed by atoms with Crippen LogP contribution in [-0.4, -0.2) is 23.8 Å². The number of ketones is 1. The molecule has 0 bridgehead atoms. The molecule has 1 aromatic rings. The standard InChI is InChI=1S/C14H19NO/c1-4-15(5-2)11-10-14(16)13-8-6-12(3)7-9-13/h6-11H,4-5H2,1-3H3. The van der Waals surface area contributed by atoms with E-state index in [0.29, 0.717) is 0 Å². The Bertz CT molecular complexity index is 361. The minimum atomic E-state index is 0.0619. The van der Waals surface area contributed by atoms with Crippen LogP contribution >= 0.6 is 0 Å². The molecule has 16 heavy (non-hydrogen) atoms. The number of hydrogen-bond donors (Lipinski definition) is 0. The number of allylic oxidation sites excluding steroid dienone is 1. The van der Waals surface area contributed by atoms with Gasteiger partial charge in [-0.3, -0.25) is 4.79 Å². The molecule has 0 fully saturated rings. The second-order valence-electron chi connectivity index (χ2n) is 3.77. The normalized spacial score (nSPS) is 10.7. The highest BCUT2D eigenvalue weighted by Gasteiger charge is 2.01. The van der Waals surface area contributed by atoms with Crippen LogP contribution in [0.1, 0.15) is 29.8 Å². The summed E-state index contributed by atoms with van der Waals surface area (Å²) in [6.07, 6.45) is 3.50. The predicted octanol–water partition coefficient (Wildman–Crippen LogP) is 3.03. The van der Waals surface area contributed by atoms with Crippen molar-refractivity contribution >= 4 is 5.78 Å². The summed E-state index contributed by atoms with van der Waals surface area (Å²) in [6.45, 7) is 8.01. The molecule has 0 aliphatic rings. The fourth-order valence-corrected chi connectivity index (χ4v) is 1.42. The Balaban J connectivity index is 2.68. The molecule has 0 amide bonds. The Hall–Kier alpha value is -1.57. The van der Waals surface area contributed by atoms with E-state index in [-0.39, 0.29) is 5.78 Å². The average molecular weight is 217 g/mol. The van der Waals surface area contributed by atoms with Gasteiger partial charge in [0.05, 0.1) is 0 Å². The van der Waals surface area contributed by atoms with E-state index >= 15 is 0 Å². The lowest BCUT2D eigenvalue weighted by Crippen LogP contribution is -2.15. The van der Waals surface area contributed by atoms with E-state index in [2.05, 4.69) is 18.7 Å². The lowest BCUT2D eigenvalue weighted by Gasteiger charge is -2.14. The predicted molar refractivity (Wildman–Crippen MR) is 67.6 cm³/mol. The molecule has 0 aliphatic heterocycles. The molecule has 0 spiro atoms. The van der Waals surface area contributed by atoms with Crippen molar-refractivity contribution in [3.8, 4) is 0 Å². The van der Waals surface area contributed by atoms with Crippen molar-refractivity contribution in [2.75, 3.05) is 13.1 Å². The van der Waals surface area contributed by atoms with Crippen LogP contribution in [0, 0.1) is 6.92 Å². The van der Waals surface area contributed by atoms with Gasteiger partial charge in [0, 0.05) is 30.9 Å². The second kappa shape index (κ2) is 6.11. The molecule has 0 unspecified atom stereocenters. The van der Waals surface area contributed by atoms with Gasteiger partial charge in [0.2, 0.25) is 0 Å². The van der Waals surface area contributed by atoms with Crippen LogP contribution in [0.4, 0.5) is 0 Å². The first-order chi connectivity index (χ1) is 7.67. The molecule has 0 saturated carbocycles. The number of benzene rings is 1. The fraction of sp³-hybridized carbons (Fsp3) is 0.357. The van der Waals surface area contributed by atoms with Crippen LogP contribution in [0.5, 0.6) is 0 Å². The second-order valence-corrected chi connectivity index (χ2v) is 3.77. The lowest BCUT2D eigenvalue weighted by molar-refractivity contribution is 0.104. The number of carbonyl (C=O) groups excluding carboxylic acids is 1. The summed E-state index contributed by atoms with van der Waals surface area (Å²) in [5.41, 5.74) is 1.92. The van der Waals surface area contributed by atoms with Crippen molar-refractivity contribution in [1.82, 2.24) is 4.90 Å². The molecule has 2 heteroatoms. The summed E-state index contributed by atoms with van der Waals surface area (Å²) < 4.78 is 0. The minimum Gasteiger partial charge on any atom is -0.378 e. The molecule has 2 nitrogen and oxygen atoms in total. The van der Waals surface area contributed by atoms with E-state index in [0.717, 1.165) is 18.7 Å². The Morgan fingerprint density at radius 2 is 1.75 bits per heavy atom. The number of hydrogen-bond acceptors (Lipinski definition) is 2. The summed E-state index contributed by atoms with van der Waals surface area (Å²) in [4.78, 5) is 13.9. The van der Waals surface area contributed by atoms with Gasteiger partial charge in [0.25, 0.3) is 0 Å². The topological polar surface area (TPSA) is 20.3 Å². The Morgan fingerprint density at radius 1 is 1.19 bits per heavy atom. The van der Waals surface area contributed by atoms with Crippen LogP contribution in [0.3, 0.4) is 0 Å². The lowest BCUT2D eigenvalue weighted by atomic mass is 10.1. The maximum Gasteiger partial charge on any atom is 0.187 e. The third kappa shape index (κ3) is 3.54. The van der Waals surface area contributed by atoms with Gasteiger partial charge in [0.1, 0.15) is 0 Å². The minimum absolute atomic E-state index is 0.0619. The molecular weight excluding hydrogens is 198 g/mol. The van der Waals surface area contributed by atoms with Gasteiger partial charge in [-0.05, 0) is 20.8 Å². The number of carbonyl (C=O) groups is 1. The highest BCUT2D eigenvalue weighted by molar-refractivity contribution is 6.04. The average Bonchev–Trinajstić information content (AvgIpc) is 2.31. The van der Waals surface area contributed by atoms with Gasteiger partial charge in [0.15, 0.2) is 5.78 Å². The Kier molecular flexibility index (Phi) is 4.77. The van der Waals surface area contributed by atoms with E-state index in [1.807, 2.05) is 37.4 Å². The van der Waals surface area contributed by atoms with E-state index in [1.54, 1.807) is 6.08 Å². The zero-order valence-electron chi connectivity index (χ0n) is 10.2. The maximum absolute atomic E-state index is 11.8. The monoisotopic (exact) mass is 217 g/mol. The van der Waals surface area contributed by atoms with Gasteiger partial charge in [-0.15, -0.1) is 0 Å². The summed E-state index contributed by atoms with van der Waals surface area (Å²) in [6, 6.07) is 7.64. The van der Waals surface area contributed by atoms with Crippen LogP contribution < -0.4 is 0 Å². The molecule has 86 valence electrons. The van der Waals surface area contributed by atoms with Crippen molar-refractivity contribution in [2.24, 2.45) is 0 Å². The quantitative estimate of drug-likeness (QED) is 0.558. The molecule has 0 radical (unpaired) electrons. The van der Waals surface area contributed by atoms with Crippen LogP contribution in [0.15, 0.2) is 36.5 Å². The van der Waals surface area contributed by atoms with Crippen molar-refractivity contribution in [3.05, 3.63) is 47.7 Å². The van der Waals surface area contributed by atoms with Crippen molar-refractivity contribution < 1.29 is 4.79 Å². The van der Waals surface area contributed by atoms with Gasteiger partial charge in [-0.25, -0.2) is 0 Å². The fourth-order valence-electron chi connectivity index (χ4n) is 1.42. The first-order valence-electron chi connectivity index (χ1n) is 5.70. The molecular formula is C14H19NO. The van der Waals surface area contributed by atoms with Gasteiger partial charge < -0.3 is 4.90 Å². The van der Waals surface area contributed by atoms with Crippen LogP contribution in [0.25, 0.3) is 0 Å². The van der Waals surface area contributed by atoms with E-state index < -0.39 is 0 Å². The van der Waals surface area contributed by atoms with E-state index in [1.165, 1.54) is 5.56 Å². The highest BCUT2D eigenvalue weighted by atomic mass is 16.1. The van der Waals surface area contributed by atoms with Gasteiger partial charge in [-0.2, -0.15) is 0 Å². The smallest absolute Gasteiger partial charge is 0.187 e. The van der Waals surface area contributed by atoms with Crippen molar-refractivity contribution in [2.45, 2.75) is 20.8 Å². The molecule has 0 saturated heterocycles. The zero-order valence-corrected chi connectivity index (χ0v) is 10.2.